The molecular weight excluding hydrogens is 246 g/mol. The fourth-order valence-electron chi connectivity index (χ4n) is 2.04. The summed E-state index contributed by atoms with van der Waals surface area (Å²) in [6.07, 6.45) is 1.99. The van der Waals surface area contributed by atoms with Gasteiger partial charge in [-0.3, -0.25) is 4.79 Å². The third-order valence-corrected chi connectivity index (χ3v) is 3.16. The van der Waals surface area contributed by atoms with Crippen LogP contribution in [0.25, 0.3) is 0 Å². The van der Waals surface area contributed by atoms with Crippen LogP contribution in [0.3, 0.4) is 0 Å². The van der Waals surface area contributed by atoms with Gasteiger partial charge < -0.3 is 20.3 Å². The third kappa shape index (κ3) is 4.31. The van der Waals surface area contributed by atoms with Crippen LogP contribution in [-0.4, -0.2) is 36.6 Å². The Kier molecular flexibility index (Phi) is 4.90. The molecule has 0 aliphatic carbocycles. The van der Waals surface area contributed by atoms with E-state index in [0.717, 1.165) is 18.4 Å². The highest BCUT2D eigenvalue weighted by atomic mass is 16.7. The van der Waals surface area contributed by atoms with Gasteiger partial charge in [0.25, 0.3) is 0 Å². The minimum atomic E-state index is -0.973. The van der Waals surface area contributed by atoms with Crippen LogP contribution in [0.15, 0.2) is 24.3 Å². The molecule has 0 saturated carbocycles. The van der Waals surface area contributed by atoms with Gasteiger partial charge in [-0.25, -0.2) is 0 Å². The molecule has 0 radical (unpaired) electrons. The number of carboxylic acids is 1. The van der Waals surface area contributed by atoms with Crippen molar-refractivity contribution in [1.82, 2.24) is 0 Å². The second-order valence-corrected chi connectivity index (χ2v) is 4.68. The van der Waals surface area contributed by atoms with E-state index in [9.17, 15) is 4.79 Å². The Labute approximate surface area is 112 Å². The van der Waals surface area contributed by atoms with Crippen molar-refractivity contribution < 1.29 is 19.4 Å². The number of carbonyl (C=O) groups is 1. The van der Waals surface area contributed by atoms with Crippen LogP contribution < -0.4 is 5.73 Å². The van der Waals surface area contributed by atoms with E-state index >= 15 is 0 Å². The fourth-order valence-corrected chi connectivity index (χ4v) is 2.04. The lowest BCUT2D eigenvalue weighted by Gasteiger charge is -2.10. The lowest BCUT2D eigenvalue weighted by Crippen LogP contribution is -2.32. The molecule has 1 unspecified atom stereocenters. The molecule has 1 heterocycles. The van der Waals surface area contributed by atoms with Gasteiger partial charge in [-0.2, -0.15) is 0 Å². The Balaban J connectivity index is 1.82. The van der Waals surface area contributed by atoms with Crippen LogP contribution in [0.1, 0.15) is 17.5 Å². The molecule has 1 saturated heterocycles. The standard InChI is InChI=1S/C14H19NO4/c15-12(14(16)17)9-11-3-1-10(2-4-11)5-6-13-18-7-8-19-13/h1-4,12-13H,5-9,15H2,(H,16,17). The van der Waals surface area contributed by atoms with Crippen molar-refractivity contribution in [2.24, 2.45) is 5.73 Å². The monoisotopic (exact) mass is 265 g/mol. The first-order valence-corrected chi connectivity index (χ1v) is 6.44. The van der Waals surface area contributed by atoms with Gasteiger partial charge in [0.1, 0.15) is 6.04 Å². The molecule has 0 bridgehead atoms. The maximum Gasteiger partial charge on any atom is 0.320 e. The maximum atomic E-state index is 10.7. The molecule has 2 rings (SSSR count). The van der Waals surface area contributed by atoms with E-state index in [1.807, 2.05) is 24.3 Å². The molecule has 1 aromatic rings. The molecule has 5 heteroatoms. The lowest BCUT2D eigenvalue weighted by molar-refractivity contribution is -0.138. The van der Waals surface area contributed by atoms with Crippen LogP contribution in [0, 0.1) is 0 Å². The summed E-state index contributed by atoms with van der Waals surface area (Å²) in [6.45, 7) is 1.35. The highest BCUT2D eigenvalue weighted by Gasteiger charge is 2.15. The predicted octanol–water partition coefficient (Wildman–Crippen LogP) is 0.946. The van der Waals surface area contributed by atoms with Crippen molar-refractivity contribution >= 4 is 5.97 Å². The van der Waals surface area contributed by atoms with Gasteiger partial charge in [-0.05, 0) is 24.0 Å². The summed E-state index contributed by atoms with van der Waals surface area (Å²) in [7, 11) is 0. The number of ether oxygens (including phenoxy) is 2. The average Bonchev–Trinajstić information content (AvgIpc) is 2.91. The Morgan fingerprint density at radius 3 is 2.42 bits per heavy atom. The molecular formula is C14H19NO4. The van der Waals surface area contributed by atoms with Crippen molar-refractivity contribution in [2.75, 3.05) is 13.2 Å². The number of benzene rings is 1. The van der Waals surface area contributed by atoms with E-state index in [1.54, 1.807) is 0 Å². The zero-order chi connectivity index (χ0) is 13.7. The minimum absolute atomic E-state index is 0.0832. The van der Waals surface area contributed by atoms with Gasteiger partial charge in [0.05, 0.1) is 13.2 Å². The van der Waals surface area contributed by atoms with E-state index in [4.69, 9.17) is 20.3 Å². The number of hydrogen-bond acceptors (Lipinski definition) is 4. The smallest absolute Gasteiger partial charge is 0.320 e. The Bertz CT molecular complexity index is 412. The molecule has 1 atom stereocenters. The number of rotatable bonds is 6. The van der Waals surface area contributed by atoms with Crippen LogP contribution in [0.4, 0.5) is 0 Å². The first-order chi connectivity index (χ1) is 9.15. The molecule has 3 N–H and O–H groups in total. The number of aliphatic carboxylic acids is 1. The summed E-state index contributed by atoms with van der Waals surface area (Å²) in [6, 6.07) is 7.01. The van der Waals surface area contributed by atoms with Crippen LogP contribution >= 0.6 is 0 Å². The van der Waals surface area contributed by atoms with Gasteiger partial charge in [-0.1, -0.05) is 24.3 Å². The van der Waals surface area contributed by atoms with E-state index < -0.39 is 12.0 Å². The van der Waals surface area contributed by atoms with Crippen LogP contribution in [0.2, 0.25) is 0 Å². The van der Waals surface area contributed by atoms with E-state index in [2.05, 4.69) is 0 Å². The Morgan fingerprint density at radius 1 is 1.26 bits per heavy atom. The molecule has 1 aliphatic rings. The molecule has 0 aromatic heterocycles. The molecule has 1 fully saturated rings. The molecule has 0 amide bonds. The molecule has 19 heavy (non-hydrogen) atoms. The summed E-state index contributed by atoms with van der Waals surface area (Å²) < 4.78 is 10.7. The summed E-state index contributed by atoms with van der Waals surface area (Å²) >= 11 is 0. The summed E-state index contributed by atoms with van der Waals surface area (Å²) in [5, 5.41) is 8.75. The Morgan fingerprint density at radius 2 is 1.84 bits per heavy atom. The highest BCUT2D eigenvalue weighted by molar-refractivity contribution is 5.73. The van der Waals surface area contributed by atoms with Crippen molar-refractivity contribution in [1.29, 1.82) is 0 Å². The van der Waals surface area contributed by atoms with Gasteiger partial charge >= 0.3 is 5.97 Å². The van der Waals surface area contributed by atoms with Crippen molar-refractivity contribution in [3.8, 4) is 0 Å². The number of hydrogen-bond donors (Lipinski definition) is 2. The summed E-state index contributed by atoms with van der Waals surface area (Å²) in [5.41, 5.74) is 7.62. The van der Waals surface area contributed by atoms with E-state index in [0.29, 0.717) is 19.6 Å². The zero-order valence-electron chi connectivity index (χ0n) is 10.7. The molecule has 0 spiro atoms. The van der Waals surface area contributed by atoms with Crippen molar-refractivity contribution in [3.05, 3.63) is 35.4 Å². The first kappa shape index (κ1) is 14.0. The van der Waals surface area contributed by atoms with Crippen LogP contribution in [0.5, 0.6) is 0 Å². The van der Waals surface area contributed by atoms with Crippen LogP contribution in [-0.2, 0) is 27.1 Å². The lowest BCUT2D eigenvalue weighted by atomic mass is 10.0. The quantitative estimate of drug-likeness (QED) is 0.800. The number of carboxylic acid groups (broad SMARTS) is 1. The van der Waals surface area contributed by atoms with Gasteiger partial charge in [0, 0.05) is 6.42 Å². The molecule has 1 aromatic carbocycles. The first-order valence-electron chi connectivity index (χ1n) is 6.44. The fraction of sp³-hybridized carbons (Fsp3) is 0.500. The molecule has 5 nitrogen and oxygen atoms in total. The second-order valence-electron chi connectivity index (χ2n) is 4.68. The van der Waals surface area contributed by atoms with E-state index in [-0.39, 0.29) is 6.29 Å². The summed E-state index contributed by atoms with van der Waals surface area (Å²) in [4.78, 5) is 10.7. The SMILES string of the molecule is NC(Cc1ccc(CCC2OCCO2)cc1)C(=O)O. The normalized spacial score (nSPS) is 17.5. The van der Waals surface area contributed by atoms with E-state index in [1.165, 1.54) is 5.56 Å². The topological polar surface area (TPSA) is 81.8 Å². The number of nitrogens with two attached hydrogens (primary N) is 1. The van der Waals surface area contributed by atoms with Gasteiger partial charge in [0.2, 0.25) is 0 Å². The third-order valence-electron chi connectivity index (χ3n) is 3.16. The number of aryl methyl sites for hydroxylation is 1. The molecule has 104 valence electrons. The average molecular weight is 265 g/mol. The van der Waals surface area contributed by atoms with Gasteiger partial charge in [-0.15, -0.1) is 0 Å². The predicted molar refractivity (Wildman–Crippen MR) is 69.8 cm³/mol. The largest absolute Gasteiger partial charge is 0.480 e. The van der Waals surface area contributed by atoms with Gasteiger partial charge in [0.15, 0.2) is 6.29 Å². The minimum Gasteiger partial charge on any atom is -0.480 e. The summed E-state index contributed by atoms with van der Waals surface area (Å²) in [5.74, 6) is -0.973. The van der Waals surface area contributed by atoms with Crippen molar-refractivity contribution in [3.63, 3.8) is 0 Å². The zero-order valence-corrected chi connectivity index (χ0v) is 10.7. The second kappa shape index (κ2) is 6.65. The molecule has 1 aliphatic heterocycles. The van der Waals surface area contributed by atoms with Crippen molar-refractivity contribution in [2.45, 2.75) is 31.6 Å². The maximum absolute atomic E-state index is 10.7. The Hall–Kier alpha value is -1.43. The highest BCUT2D eigenvalue weighted by Crippen LogP contribution is 2.13.